The minimum absolute atomic E-state index is 0.0477. The number of benzene rings is 1. The van der Waals surface area contributed by atoms with E-state index in [4.69, 9.17) is 9.78 Å². The average Bonchev–Trinajstić information content (AvgIpc) is 2.29. The molecule has 1 aliphatic heterocycles. The lowest BCUT2D eigenvalue weighted by Crippen LogP contribution is -2.49. The first-order chi connectivity index (χ1) is 7.58. The average molecular weight is 222 g/mol. The Hall–Kier alpha value is -1.06. The topological polar surface area (TPSA) is 38.7 Å². The van der Waals surface area contributed by atoms with E-state index in [2.05, 4.69) is 6.92 Å². The second-order valence-electron chi connectivity index (χ2n) is 4.52. The maximum absolute atomic E-state index is 9.72. The van der Waals surface area contributed by atoms with E-state index < -0.39 is 0 Å². The zero-order valence-corrected chi connectivity index (χ0v) is 9.99. The molecule has 0 aromatic heterocycles. The second-order valence-corrected chi connectivity index (χ2v) is 4.52. The van der Waals surface area contributed by atoms with E-state index in [0.717, 1.165) is 24.0 Å². The van der Waals surface area contributed by atoms with E-state index in [1.165, 1.54) is 0 Å². The van der Waals surface area contributed by atoms with Gasteiger partial charge in [-0.3, -0.25) is 0 Å². The number of phenols is 1. The zero-order valence-electron chi connectivity index (χ0n) is 9.99. The third-order valence-electron chi connectivity index (χ3n) is 3.31. The Morgan fingerprint density at radius 1 is 1.44 bits per heavy atom. The predicted molar refractivity (Wildman–Crippen MR) is 61.1 cm³/mol. The maximum atomic E-state index is 9.72. The van der Waals surface area contributed by atoms with Crippen molar-refractivity contribution < 1.29 is 14.9 Å². The Morgan fingerprint density at radius 3 is 2.69 bits per heavy atom. The molecule has 1 fully saturated rings. The van der Waals surface area contributed by atoms with Crippen molar-refractivity contribution >= 4 is 0 Å². The Labute approximate surface area is 95.9 Å². The van der Waals surface area contributed by atoms with E-state index in [0.29, 0.717) is 5.75 Å². The van der Waals surface area contributed by atoms with Crippen molar-refractivity contribution in [2.45, 2.75) is 45.3 Å². The molecule has 0 aliphatic carbocycles. The third-order valence-corrected chi connectivity index (χ3v) is 3.31. The maximum Gasteiger partial charge on any atom is 0.154 e. The van der Waals surface area contributed by atoms with Gasteiger partial charge in [0.15, 0.2) is 5.60 Å². The molecule has 2 atom stereocenters. The summed E-state index contributed by atoms with van der Waals surface area (Å²) < 4.78 is 0. The number of phenolic OH excluding ortho intramolecular Hbond substituents is 1. The van der Waals surface area contributed by atoms with Crippen LogP contribution < -0.4 is 0 Å². The standard InChI is InChI=1S/C13H18O3/c1-4-5-10-8-11(6-7-12(10)14)13(3)9(2)15-16-13/h6-9,14H,4-5H2,1-3H3. The van der Waals surface area contributed by atoms with Crippen LogP contribution in [0.15, 0.2) is 18.2 Å². The highest BCUT2D eigenvalue weighted by Crippen LogP contribution is 2.40. The monoisotopic (exact) mass is 222 g/mol. The summed E-state index contributed by atoms with van der Waals surface area (Å²) in [6, 6.07) is 5.64. The molecule has 3 nitrogen and oxygen atoms in total. The van der Waals surface area contributed by atoms with E-state index in [1.807, 2.05) is 26.0 Å². The molecule has 1 N–H and O–H groups in total. The van der Waals surface area contributed by atoms with Crippen molar-refractivity contribution in [2.24, 2.45) is 0 Å². The van der Waals surface area contributed by atoms with Crippen molar-refractivity contribution in [3.8, 4) is 5.75 Å². The van der Waals surface area contributed by atoms with Crippen LogP contribution in [0.5, 0.6) is 5.75 Å². The minimum Gasteiger partial charge on any atom is -0.508 e. The van der Waals surface area contributed by atoms with Crippen LogP contribution in [0.25, 0.3) is 0 Å². The molecule has 16 heavy (non-hydrogen) atoms. The minimum atomic E-state index is -0.379. The van der Waals surface area contributed by atoms with Gasteiger partial charge < -0.3 is 5.11 Å². The summed E-state index contributed by atoms with van der Waals surface area (Å²) in [6.07, 6.45) is 1.94. The van der Waals surface area contributed by atoms with Crippen molar-refractivity contribution in [2.75, 3.05) is 0 Å². The Kier molecular flexibility index (Phi) is 2.91. The van der Waals surface area contributed by atoms with Crippen LogP contribution in [0.1, 0.15) is 38.3 Å². The number of aromatic hydroxyl groups is 1. The predicted octanol–water partition coefficient (Wildman–Crippen LogP) is 2.91. The van der Waals surface area contributed by atoms with E-state index in [-0.39, 0.29) is 11.7 Å². The molecule has 1 heterocycles. The van der Waals surface area contributed by atoms with Crippen LogP contribution in [0.2, 0.25) is 0 Å². The largest absolute Gasteiger partial charge is 0.508 e. The molecular weight excluding hydrogens is 204 g/mol. The Balaban J connectivity index is 2.32. The highest BCUT2D eigenvalue weighted by Gasteiger charge is 2.46. The molecule has 1 aromatic rings. The summed E-state index contributed by atoms with van der Waals surface area (Å²) in [5, 5.41) is 9.72. The fourth-order valence-corrected chi connectivity index (χ4v) is 1.94. The molecular formula is C13H18O3. The Bertz CT molecular complexity index is 389. The fourth-order valence-electron chi connectivity index (χ4n) is 1.94. The lowest BCUT2D eigenvalue weighted by atomic mass is 9.88. The lowest BCUT2D eigenvalue weighted by Gasteiger charge is -2.43. The van der Waals surface area contributed by atoms with Crippen LogP contribution in [0.4, 0.5) is 0 Å². The van der Waals surface area contributed by atoms with Crippen molar-refractivity contribution in [1.29, 1.82) is 0 Å². The van der Waals surface area contributed by atoms with Gasteiger partial charge in [-0.05, 0) is 43.5 Å². The van der Waals surface area contributed by atoms with Gasteiger partial charge in [-0.25, -0.2) is 9.78 Å². The van der Waals surface area contributed by atoms with Gasteiger partial charge in [-0.2, -0.15) is 0 Å². The van der Waals surface area contributed by atoms with Gasteiger partial charge in [0.2, 0.25) is 0 Å². The van der Waals surface area contributed by atoms with E-state index in [1.54, 1.807) is 6.07 Å². The summed E-state index contributed by atoms with van der Waals surface area (Å²) >= 11 is 0. The molecule has 0 amide bonds. The van der Waals surface area contributed by atoms with Crippen LogP contribution >= 0.6 is 0 Å². The number of aryl methyl sites for hydroxylation is 1. The molecule has 0 bridgehead atoms. The van der Waals surface area contributed by atoms with Gasteiger partial charge in [0.05, 0.1) is 0 Å². The summed E-state index contributed by atoms with van der Waals surface area (Å²) in [4.78, 5) is 10.2. The summed E-state index contributed by atoms with van der Waals surface area (Å²) in [7, 11) is 0. The molecule has 3 heteroatoms. The molecule has 0 radical (unpaired) electrons. The second kappa shape index (κ2) is 4.07. The molecule has 88 valence electrons. The van der Waals surface area contributed by atoms with Crippen LogP contribution in [0, 0.1) is 0 Å². The highest BCUT2D eigenvalue weighted by atomic mass is 17.3. The first kappa shape index (κ1) is 11.4. The zero-order chi connectivity index (χ0) is 11.8. The molecule has 1 saturated heterocycles. The normalized spacial score (nSPS) is 28.8. The smallest absolute Gasteiger partial charge is 0.154 e. The number of hydrogen-bond acceptors (Lipinski definition) is 3. The molecule has 1 aliphatic rings. The first-order valence-corrected chi connectivity index (χ1v) is 5.74. The molecule has 0 saturated carbocycles. The van der Waals surface area contributed by atoms with Crippen LogP contribution in [0.3, 0.4) is 0 Å². The quantitative estimate of drug-likeness (QED) is 0.799. The summed E-state index contributed by atoms with van der Waals surface area (Å²) in [6.45, 7) is 6.08. The van der Waals surface area contributed by atoms with Crippen molar-refractivity contribution in [1.82, 2.24) is 0 Å². The number of rotatable bonds is 3. The SMILES string of the molecule is CCCc1cc(C2(C)OOC2C)ccc1O. The fraction of sp³-hybridized carbons (Fsp3) is 0.538. The third kappa shape index (κ3) is 1.70. The molecule has 1 aromatic carbocycles. The van der Waals surface area contributed by atoms with E-state index >= 15 is 0 Å². The van der Waals surface area contributed by atoms with Crippen molar-refractivity contribution in [3.05, 3.63) is 29.3 Å². The van der Waals surface area contributed by atoms with Gasteiger partial charge >= 0.3 is 0 Å². The van der Waals surface area contributed by atoms with Crippen LogP contribution in [-0.4, -0.2) is 11.2 Å². The highest BCUT2D eigenvalue weighted by molar-refractivity contribution is 5.39. The number of hydrogen-bond donors (Lipinski definition) is 1. The van der Waals surface area contributed by atoms with Crippen LogP contribution in [-0.2, 0) is 21.8 Å². The Morgan fingerprint density at radius 2 is 2.19 bits per heavy atom. The molecule has 0 spiro atoms. The summed E-state index contributed by atoms with van der Waals surface area (Å²) in [5.41, 5.74) is 1.66. The van der Waals surface area contributed by atoms with Crippen molar-refractivity contribution in [3.63, 3.8) is 0 Å². The lowest BCUT2D eigenvalue weighted by molar-refractivity contribution is -0.509. The molecule has 2 unspecified atom stereocenters. The van der Waals surface area contributed by atoms with Gasteiger partial charge in [0, 0.05) is 0 Å². The first-order valence-electron chi connectivity index (χ1n) is 5.74. The van der Waals surface area contributed by atoms with E-state index in [9.17, 15) is 5.11 Å². The van der Waals surface area contributed by atoms with Gasteiger partial charge in [0.1, 0.15) is 11.9 Å². The molecule has 2 rings (SSSR count). The van der Waals surface area contributed by atoms with Gasteiger partial charge in [-0.1, -0.05) is 19.4 Å². The van der Waals surface area contributed by atoms with Gasteiger partial charge in [0.25, 0.3) is 0 Å². The van der Waals surface area contributed by atoms with Gasteiger partial charge in [-0.15, -0.1) is 0 Å². The summed E-state index contributed by atoms with van der Waals surface area (Å²) in [5.74, 6) is 0.363.